The smallest absolute Gasteiger partial charge is 0.226 e. The van der Waals surface area contributed by atoms with Crippen LogP contribution in [0.3, 0.4) is 0 Å². The van der Waals surface area contributed by atoms with Crippen molar-refractivity contribution in [2.24, 2.45) is 4.99 Å². The van der Waals surface area contributed by atoms with Crippen LogP contribution in [0, 0.1) is 0 Å². The third-order valence-electron chi connectivity index (χ3n) is 4.55. The number of aliphatic imine (C=N–C) groups is 1. The zero-order valence-corrected chi connectivity index (χ0v) is 18.3. The van der Waals surface area contributed by atoms with E-state index in [0.717, 1.165) is 23.4 Å². The zero-order valence-electron chi connectivity index (χ0n) is 18.3. The van der Waals surface area contributed by atoms with E-state index in [0.29, 0.717) is 42.2 Å². The summed E-state index contributed by atoms with van der Waals surface area (Å²) in [5.41, 5.74) is 2.60. The summed E-state index contributed by atoms with van der Waals surface area (Å²) >= 11 is 0. The maximum atomic E-state index is 5.60. The molecule has 0 fully saturated rings. The Morgan fingerprint density at radius 1 is 0.968 bits per heavy atom. The molecule has 8 heteroatoms. The highest BCUT2D eigenvalue weighted by Gasteiger charge is 2.12. The van der Waals surface area contributed by atoms with Gasteiger partial charge in [-0.1, -0.05) is 18.2 Å². The van der Waals surface area contributed by atoms with Crippen molar-refractivity contribution >= 4 is 5.96 Å². The van der Waals surface area contributed by atoms with Crippen LogP contribution in [0.25, 0.3) is 11.5 Å². The lowest BCUT2D eigenvalue weighted by Gasteiger charge is -2.14. The average molecular weight is 425 g/mol. The van der Waals surface area contributed by atoms with Crippen molar-refractivity contribution in [2.75, 3.05) is 27.9 Å². The topological polar surface area (TPSA) is 90.1 Å². The van der Waals surface area contributed by atoms with Gasteiger partial charge in [0.15, 0.2) is 17.5 Å². The lowest BCUT2D eigenvalue weighted by Crippen LogP contribution is -2.36. The maximum Gasteiger partial charge on any atom is 0.226 e. The molecule has 0 atom stereocenters. The number of rotatable bonds is 9. The highest BCUT2D eigenvalue weighted by molar-refractivity contribution is 5.79. The van der Waals surface area contributed by atoms with Gasteiger partial charge in [0.05, 0.1) is 40.1 Å². The summed E-state index contributed by atoms with van der Waals surface area (Å²) in [6.45, 7) is 3.61. The normalized spacial score (nSPS) is 11.2. The molecule has 2 N–H and O–H groups in total. The van der Waals surface area contributed by atoms with Crippen molar-refractivity contribution < 1.29 is 18.6 Å². The van der Waals surface area contributed by atoms with E-state index in [2.05, 4.69) is 20.6 Å². The second kappa shape index (κ2) is 10.9. The Kier molecular flexibility index (Phi) is 7.75. The first-order chi connectivity index (χ1) is 15.2. The summed E-state index contributed by atoms with van der Waals surface area (Å²) in [5, 5.41) is 6.51. The van der Waals surface area contributed by atoms with E-state index < -0.39 is 0 Å². The summed E-state index contributed by atoms with van der Waals surface area (Å²) < 4.78 is 21.8. The van der Waals surface area contributed by atoms with E-state index in [4.69, 9.17) is 18.6 Å². The van der Waals surface area contributed by atoms with Crippen molar-refractivity contribution in [3.63, 3.8) is 0 Å². The van der Waals surface area contributed by atoms with Crippen LogP contribution in [-0.2, 0) is 13.1 Å². The average Bonchev–Trinajstić information content (AvgIpc) is 3.30. The SMILES string of the molecule is CCNC(=NCc1cc(OC)c(OC)cc1OC)NCc1coc(-c2ccccc2)n1. The van der Waals surface area contributed by atoms with Gasteiger partial charge in [-0.3, -0.25) is 0 Å². The van der Waals surface area contributed by atoms with Gasteiger partial charge in [-0.2, -0.15) is 0 Å². The fourth-order valence-corrected chi connectivity index (χ4v) is 3.00. The number of hydrogen-bond donors (Lipinski definition) is 2. The van der Waals surface area contributed by atoms with E-state index in [1.807, 2.05) is 43.3 Å². The van der Waals surface area contributed by atoms with E-state index in [1.165, 1.54) is 0 Å². The maximum absolute atomic E-state index is 5.60. The number of benzene rings is 2. The number of aromatic nitrogens is 1. The molecule has 164 valence electrons. The standard InChI is InChI=1S/C23H28N4O4/c1-5-24-23(25-13-17-11-20(29-3)21(30-4)12-19(17)28-2)26-14-18-15-31-22(27-18)16-9-7-6-8-10-16/h6-12,15H,5,13-14H2,1-4H3,(H2,24,25,26). The first-order valence-corrected chi connectivity index (χ1v) is 9.99. The molecule has 1 heterocycles. The molecule has 31 heavy (non-hydrogen) atoms. The van der Waals surface area contributed by atoms with Crippen molar-refractivity contribution in [2.45, 2.75) is 20.0 Å². The van der Waals surface area contributed by atoms with Crippen LogP contribution in [0.15, 0.2) is 58.1 Å². The van der Waals surface area contributed by atoms with Crippen LogP contribution in [0.5, 0.6) is 17.2 Å². The Morgan fingerprint density at radius 3 is 2.35 bits per heavy atom. The van der Waals surface area contributed by atoms with Crippen molar-refractivity contribution in [3.8, 4) is 28.7 Å². The summed E-state index contributed by atoms with van der Waals surface area (Å²) in [7, 11) is 4.81. The number of methoxy groups -OCH3 is 3. The monoisotopic (exact) mass is 424 g/mol. The number of nitrogens with zero attached hydrogens (tertiary/aromatic N) is 2. The molecule has 0 aliphatic carbocycles. The Hall–Kier alpha value is -3.68. The first kappa shape index (κ1) is 22.0. The molecule has 0 saturated carbocycles. The van der Waals surface area contributed by atoms with E-state index >= 15 is 0 Å². The molecule has 0 unspecified atom stereocenters. The molecule has 0 aliphatic rings. The zero-order chi connectivity index (χ0) is 22.1. The molecular formula is C23H28N4O4. The van der Waals surface area contributed by atoms with Crippen LogP contribution in [0.4, 0.5) is 0 Å². The number of oxazole rings is 1. The number of hydrogen-bond acceptors (Lipinski definition) is 6. The Labute approximate surface area is 182 Å². The molecule has 3 rings (SSSR count). The van der Waals surface area contributed by atoms with E-state index in [9.17, 15) is 0 Å². The Bertz CT molecular complexity index is 1000. The highest BCUT2D eigenvalue weighted by Crippen LogP contribution is 2.34. The molecule has 0 radical (unpaired) electrons. The molecule has 0 saturated heterocycles. The fourth-order valence-electron chi connectivity index (χ4n) is 3.00. The fraction of sp³-hybridized carbons (Fsp3) is 0.304. The summed E-state index contributed by atoms with van der Waals surface area (Å²) in [5.74, 6) is 3.17. The highest BCUT2D eigenvalue weighted by atomic mass is 16.5. The van der Waals surface area contributed by atoms with Crippen molar-refractivity contribution in [1.82, 2.24) is 15.6 Å². The van der Waals surface area contributed by atoms with Gasteiger partial charge in [0.1, 0.15) is 12.0 Å². The predicted molar refractivity (Wildman–Crippen MR) is 120 cm³/mol. The van der Waals surface area contributed by atoms with Gasteiger partial charge >= 0.3 is 0 Å². The Morgan fingerprint density at radius 2 is 1.68 bits per heavy atom. The quantitative estimate of drug-likeness (QED) is 0.400. The second-order valence-corrected chi connectivity index (χ2v) is 6.58. The minimum atomic E-state index is 0.396. The van der Waals surface area contributed by atoms with Gasteiger partial charge in [0.25, 0.3) is 0 Å². The summed E-state index contributed by atoms with van der Waals surface area (Å²) in [4.78, 5) is 9.20. The van der Waals surface area contributed by atoms with Crippen molar-refractivity contribution in [1.29, 1.82) is 0 Å². The van der Waals surface area contributed by atoms with Crippen LogP contribution < -0.4 is 24.8 Å². The van der Waals surface area contributed by atoms with Gasteiger partial charge in [0.2, 0.25) is 5.89 Å². The van der Waals surface area contributed by atoms with Gasteiger partial charge in [-0.15, -0.1) is 0 Å². The molecule has 2 aromatic carbocycles. The second-order valence-electron chi connectivity index (χ2n) is 6.58. The molecule has 1 aromatic heterocycles. The van der Waals surface area contributed by atoms with Crippen molar-refractivity contribution in [3.05, 3.63) is 60.0 Å². The number of nitrogens with one attached hydrogen (secondary N) is 2. The third kappa shape index (κ3) is 5.69. The van der Waals surface area contributed by atoms with Crippen LogP contribution >= 0.6 is 0 Å². The first-order valence-electron chi connectivity index (χ1n) is 9.99. The molecule has 0 spiro atoms. The van der Waals surface area contributed by atoms with Gasteiger partial charge in [-0.05, 0) is 25.1 Å². The largest absolute Gasteiger partial charge is 0.496 e. The summed E-state index contributed by atoms with van der Waals surface area (Å²) in [6, 6.07) is 13.5. The number of ether oxygens (including phenoxy) is 3. The minimum absolute atomic E-state index is 0.396. The molecule has 8 nitrogen and oxygen atoms in total. The summed E-state index contributed by atoms with van der Waals surface area (Å²) in [6.07, 6.45) is 1.65. The molecular weight excluding hydrogens is 396 g/mol. The lowest BCUT2D eigenvalue weighted by molar-refractivity contribution is 0.347. The predicted octanol–water partition coefficient (Wildman–Crippen LogP) is 3.62. The lowest BCUT2D eigenvalue weighted by atomic mass is 10.1. The van der Waals surface area contributed by atoms with Gasteiger partial charge in [0, 0.05) is 23.7 Å². The Balaban J connectivity index is 1.70. The van der Waals surface area contributed by atoms with Gasteiger partial charge < -0.3 is 29.3 Å². The molecule has 0 bridgehead atoms. The van der Waals surface area contributed by atoms with E-state index in [1.54, 1.807) is 33.7 Å². The van der Waals surface area contributed by atoms with E-state index in [-0.39, 0.29) is 0 Å². The van der Waals surface area contributed by atoms with Gasteiger partial charge in [-0.25, -0.2) is 9.98 Å². The molecule has 0 amide bonds. The van der Waals surface area contributed by atoms with Crippen LogP contribution in [0.1, 0.15) is 18.2 Å². The number of guanidine groups is 1. The molecule has 3 aromatic rings. The third-order valence-corrected chi connectivity index (χ3v) is 4.55. The molecule has 0 aliphatic heterocycles. The van der Waals surface area contributed by atoms with Crippen LogP contribution in [-0.4, -0.2) is 38.8 Å². The minimum Gasteiger partial charge on any atom is -0.496 e. The van der Waals surface area contributed by atoms with Crippen LogP contribution in [0.2, 0.25) is 0 Å².